The molecule has 0 aromatic carbocycles. The third kappa shape index (κ3) is 2.04. The number of fused-ring (bicyclic) bond motifs is 1. The molecule has 0 heterocycles. The quantitative estimate of drug-likeness (QED) is 0.574. The minimum absolute atomic E-state index is 0.0155. The second-order valence-electron chi connectivity index (χ2n) is 6.53. The van der Waals surface area contributed by atoms with Crippen molar-refractivity contribution in [3.63, 3.8) is 0 Å². The van der Waals surface area contributed by atoms with E-state index >= 15 is 0 Å². The molecule has 0 bridgehead atoms. The lowest BCUT2D eigenvalue weighted by atomic mass is 9.51. The first kappa shape index (κ1) is 13.8. The molecule has 18 heavy (non-hydrogen) atoms. The zero-order valence-corrected chi connectivity index (χ0v) is 11.4. The summed E-state index contributed by atoms with van der Waals surface area (Å²) in [6.45, 7) is 10.00. The lowest BCUT2D eigenvalue weighted by Crippen LogP contribution is -2.55. The van der Waals surface area contributed by atoms with Gasteiger partial charge in [0.1, 0.15) is 6.10 Å². The van der Waals surface area contributed by atoms with Crippen LogP contribution in [0.1, 0.15) is 33.6 Å². The van der Waals surface area contributed by atoms with E-state index in [2.05, 4.69) is 20.4 Å². The Bertz CT molecular complexity index is 383. The van der Waals surface area contributed by atoms with Crippen molar-refractivity contribution in [1.82, 2.24) is 0 Å². The Kier molecular flexibility index (Phi) is 3.43. The molecule has 0 unspecified atom stereocenters. The number of aliphatic hydroxyl groups is 3. The predicted octanol–water partition coefficient (Wildman–Crippen LogP) is 1.64. The average Bonchev–Trinajstić information content (AvgIpc) is 2.31. The molecule has 0 aromatic rings. The summed E-state index contributed by atoms with van der Waals surface area (Å²) in [5, 5.41) is 30.7. The normalized spacial score (nSPS) is 46.9. The van der Waals surface area contributed by atoms with Crippen LogP contribution in [0.4, 0.5) is 0 Å². The maximum Gasteiger partial charge on any atom is 0.101 e. The van der Waals surface area contributed by atoms with Crippen molar-refractivity contribution < 1.29 is 15.3 Å². The predicted molar refractivity (Wildman–Crippen MR) is 70.9 cm³/mol. The largest absolute Gasteiger partial charge is 0.390 e. The summed E-state index contributed by atoms with van der Waals surface area (Å²) in [7, 11) is 0. The number of hydrogen-bond donors (Lipinski definition) is 3. The second-order valence-corrected chi connectivity index (χ2v) is 6.53. The Morgan fingerprint density at radius 2 is 1.89 bits per heavy atom. The van der Waals surface area contributed by atoms with E-state index in [0.717, 1.165) is 17.6 Å². The van der Waals surface area contributed by atoms with E-state index < -0.39 is 18.3 Å². The van der Waals surface area contributed by atoms with Gasteiger partial charge in [0.2, 0.25) is 0 Å². The molecule has 5 atom stereocenters. The Labute approximate surface area is 109 Å². The van der Waals surface area contributed by atoms with Crippen LogP contribution >= 0.6 is 0 Å². The van der Waals surface area contributed by atoms with Gasteiger partial charge in [-0.1, -0.05) is 26.5 Å². The SMILES string of the molecule is C=C1[C@H](O)C/C=C(/C)[C@@H](O)[C@@H](O)[C@H]2[C@@H]1CC2(C)C. The molecule has 2 aliphatic rings. The molecule has 102 valence electrons. The molecule has 3 heteroatoms. The molecular formula is C15H24O3. The van der Waals surface area contributed by atoms with Gasteiger partial charge >= 0.3 is 0 Å². The van der Waals surface area contributed by atoms with Crippen molar-refractivity contribution in [2.24, 2.45) is 17.3 Å². The summed E-state index contributed by atoms with van der Waals surface area (Å²) < 4.78 is 0. The van der Waals surface area contributed by atoms with Gasteiger partial charge in [-0.25, -0.2) is 0 Å². The lowest BCUT2D eigenvalue weighted by molar-refractivity contribution is -0.118. The first-order valence-electron chi connectivity index (χ1n) is 6.65. The van der Waals surface area contributed by atoms with Gasteiger partial charge < -0.3 is 15.3 Å². The third-order valence-electron chi connectivity index (χ3n) is 4.81. The summed E-state index contributed by atoms with van der Waals surface area (Å²) in [5.41, 5.74) is 1.52. The van der Waals surface area contributed by atoms with Gasteiger partial charge in [0, 0.05) is 0 Å². The van der Waals surface area contributed by atoms with Crippen molar-refractivity contribution in [2.45, 2.75) is 51.9 Å². The minimum Gasteiger partial charge on any atom is -0.390 e. The van der Waals surface area contributed by atoms with Crippen LogP contribution in [0.5, 0.6) is 0 Å². The molecular weight excluding hydrogens is 228 g/mol. The standard InChI is InChI=1S/C15H24O3/c1-8-5-6-11(16)9(2)10-7-15(3,4)12(10)14(18)13(8)17/h5,10-14,16-18H,2,6-7H2,1,3-4H3/b8-5-/t10-,11-,12-,13-,14+/m1/s1. The van der Waals surface area contributed by atoms with Gasteiger partial charge in [-0.15, -0.1) is 0 Å². The van der Waals surface area contributed by atoms with Crippen molar-refractivity contribution >= 4 is 0 Å². The maximum atomic E-state index is 10.4. The maximum absolute atomic E-state index is 10.4. The average molecular weight is 252 g/mol. The van der Waals surface area contributed by atoms with Crippen LogP contribution in [0.25, 0.3) is 0 Å². The third-order valence-corrected chi connectivity index (χ3v) is 4.81. The van der Waals surface area contributed by atoms with Gasteiger partial charge in [-0.3, -0.25) is 0 Å². The number of hydrogen-bond acceptors (Lipinski definition) is 3. The van der Waals surface area contributed by atoms with Crippen LogP contribution in [-0.2, 0) is 0 Å². The van der Waals surface area contributed by atoms with Crippen LogP contribution in [0.2, 0.25) is 0 Å². The Hall–Kier alpha value is -0.640. The zero-order valence-electron chi connectivity index (χ0n) is 11.4. The molecule has 1 saturated carbocycles. The lowest BCUT2D eigenvalue weighted by Gasteiger charge is -2.55. The van der Waals surface area contributed by atoms with Crippen LogP contribution in [0, 0.1) is 17.3 Å². The van der Waals surface area contributed by atoms with E-state index in [4.69, 9.17) is 0 Å². The van der Waals surface area contributed by atoms with E-state index in [1.807, 2.05) is 6.08 Å². The van der Waals surface area contributed by atoms with Gasteiger partial charge in [0.25, 0.3) is 0 Å². The topological polar surface area (TPSA) is 60.7 Å². The van der Waals surface area contributed by atoms with Crippen molar-refractivity contribution in [1.29, 1.82) is 0 Å². The summed E-state index contributed by atoms with van der Waals surface area (Å²) in [6, 6.07) is 0. The Balaban J connectivity index is 2.35. The highest BCUT2D eigenvalue weighted by molar-refractivity contribution is 5.23. The summed E-state index contributed by atoms with van der Waals surface area (Å²) >= 11 is 0. The van der Waals surface area contributed by atoms with E-state index in [1.165, 1.54) is 0 Å². The van der Waals surface area contributed by atoms with E-state index in [1.54, 1.807) is 6.92 Å². The van der Waals surface area contributed by atoms with Crippen LogP contribution in [0.3, 0.4) is 0 Å². The fourth-order valence-corrected chi connectivity index (χ4v) is 3.56. The minimum atomic E-state index is -0.838. The highest BCUT2D eigenvalue weighted by Crippen LogP contribution is 2.56. The smallest absolute Gasteiger partial charge is 0.101 e. The van der Waals surface area contributed by atoms with Gasteiger partial charge in [-0.2, -0.15) is 0 Å². The molecule has 1 fully saturated rings. The zero-order chi connectivity index (χ0) is 13.7. The monoisotopic (exact) mass is 252 g/mol. The summed E-state index contributed by atoms with van der Waals surface area (Å²) in [6.07, 6.45) is 1.00. The highest BCUT2D eigenvalue weighted by atomic mass is 16.3. The van der Waals surface area contributed by atoms with E-state index in [0.29, 0.717) is 6.42 Å². The number of rotatable bonds is 0. The van der Waals surface area contributed by atoms with Crippen molar-refractivity contribution in [3.8, 4) is 0 Å². The summed E-state index contributed by atoms with van der Waals surface area (Å²) in [5.74, 6) is 0.0787. The molecule has 0 aromatic heterocycles. The molecule has 0 spiro atoms. The van der Waals surface area contributed by atoms with Crippen molar-refractivity contribution in [3.05, 3.63) is 23.8 Å². The number of aliphatic hydroxyl groups excluding tert-OH is 3. The van der Waals surface area contributed by atoms with Gasteiger partial charge in [0.15, 0.2) is 0 Å². The molecule has 0 aliphatic heterocycles. The fraction of sp³-hybridized carbons (Fsp3) is 0.733. The highest BCUT2D eigenvalue weighted by Gasteiger charge is 2.54. The van der Waals surface area contributed by atoms with Crippen LogP contribution in [0.15, 0.2) is 23.8 Å². The molecule has 0 radical (unpaired) electrons. The molecule has 2 aliphatic carbocycles. The van der Waals surface area contributed by atoms with Crippen molar-refractivity contribution in [2.75, 3.05) is 0 Å². The van der Waals surface area contributed by atoms with Crippen LogP contribution < -0.4 is 0 Å². The van der Waals surface area contributed by atoms with Crippen LogP contribution in [-0.4, -0.2) is 33.6 Å². The molecule has 0 amide bonds. The molecule has 0 saturated heterocycles. The van der Waals surface area contributed by atoms with E-state index in [9.17, 15) is 15.3 Å². The Morgan fingerprint density at radius 3 is 2.44 bits per heavy atom. The Morgan fingerprint density at radius 1 is 1.28 bits per heavy atom. The second kappa shape index (κ2) is 4.48. The van der Waals surface area contributed by atoms with Gasteiger partial charge in [0.05, 0.1) is 12.2 Å². The molecule has 3 nitrogen and oxygen atoms in total. The summed E-state index contributed by atoms with van der Waals surface area (Å²) in [4.78, 5) is 0. The van der Waals surface area contributed by atoms with Gasteiger partial charge in [-0.05, 0) is 48.2 Å². The molecule has 2 rings (SSSR count). The first-order chi connectivity index (χ1) is 8.25. The fourth-order valence-electron chi connectivity index (χ4n) is 3.56. The van der Waals surface area contributed by atoms with E-state index in [-0.39, 0.29) is 17.3 Å². The molecule has 3 N–H and O–H groups in total. The first-order valence-corrected chi connectivity index (χ1v) is 6.65.